The van der Waals surface area contributed by atoms with E-state index in [-0.39, 0.29) is 6.10 Å². The predicted octanol–water partition coefficient (Wildman–Crippen LogP) is 1.95. The topological polar surface area (TPSA) is 25.8 Å². The fourth-order valence-corrected chi connectivity index (χ4v) is 2.07. The van der Waals surface area contributed by atoms with E-state index in [2.05, 4.69) is 5.32 Å². The molecule has 0 saturated carbocycles. The molecule has 0 aliphatic carbocycles. The Balaban J connectivity index is 1.86. The molecule has 0 amide bonds. The van der Waals surface area contributed by atoms with E-state index in [0.29, 0.717) is 6.61 Å². The molecular formula is C13H17F3NO+. The number of ether oxygens (including phenoxy) is 1. The summed E-state index contributed by atoms with van der Waals surface area (Å²) < 4.78 is 42.8. The second-order valence-electron chi connectivity index (χ2n) is 4.57. The fraction of sp³-hybridized carbons (Fsp3) is 0.538. The van der Waals surface area contributed by atoms with E-state index in [1.807, 2.05) is 0 Å². The van der Waals surface area contributed by atoms with Crippen LogP contribution in [-0.4, -0.2) is 19.2 Å². The van der Waals surface area contributed by atoms with E-state index < -0.39 is 11.7 Å². The quantitative estimate of drug-likeness (QED) is 0.883. The van der Waals surface area contributed by atoms with E-state index in [1.54, 1.807) is 0 Å². The Hall–Kier alpha value is -1.07. The average molecular weight is 260 g/mol. The third-order valence-electron chi connectivity index (χ3n) is 3.15. The normalized spacial score (nSPS) is 17.9. The molecule has 1 aliphatic rings. The molecule has 1 aliphatic heterocycles. The van der Waals surface area contributed by atoms with Crippen LogP contribution in [0.4, 0.5) is 13.2 Å². The molecule has 1 aromatic rings. The first-order valence-electron chi connectivity index (χ1n) is 6.15. The number of benzene rings is 1. The molecule has 18 heavy (non-hydrogen) atoms. The Morgan fingerprint density at radius 1 is 1.11 bits per heavy atom. The summed E-state index contributed by atoms with van der Waals surface area (Å²) in [6.07, 6.45) is -1.99. The van der Waals surface area contributed by atoms with Gasteiger partial charge in [-0.3, -0.25) is 0 Å². The average Bonchev–Trinajstić information content (AvgIpc) is 2.37. The monoisotopic (exact) mass is 260 g/mol. The highest BCUT2D eigenvalue weighted by Gasteiger charge is 2.29. The van der Waals surface area contributed by atoms with Crippen LogP contribution >= 0.6 is 0 Å². The van der Waals surface area contributed by atoms with Crippen molar-refractivity contribution in [2.45, 2.75) is 31.7 Å². The van der Waals surface area contributed by atoms with Gasteiger partial charge in [-0.25, -0.2) is 0 Å². The molecule has 1 aromatic carbocycles. The largest absolute Gasteiger partial charge is 0.416 e. The number of hydrogen-bond donors (Lipinski definition) is 1. The summed E-state index contributed by atoms with van der Waals surface area (Å²) in [4.78, 5) is 0. The summed E-state index contributed by atoms with van der Waals surface area (Å²) in [6, 6.07) is 5.18. The van der Waals surface area contributed by atoms with Crippen molar-refractivity contribution in [2.75, 3.05) is 13.1 Å². The van der Waals surface area contributed by atoms with Crippen molar-refractivity contribution in [3.63, 3.8) is 0 Å². The van der Waals surface area contributed by atoms with Gasteiger partial charge in [0.15, 0.2) is 0 Å². The minimum absolute atomic E-state index is 0.247. The Morgan fingerprint density at radius 3 is 2.28 bits per heavy atom. The standard InChI is InChI=1S/C13H16F3NO/c14-13(15,16)11-3-1-10(2-4-11)9-18-12-5-7-17-8-6-12/h1-4,12,17H,5-9H2/p+1. The molecular weight excluding hydrogens is 243 g/mol. The van der Waals surface area contributed by atoms with E-state index in [1.165, 1.54) is 12.1 Å². The molecule has 100 valence electrons. The smallest absolute Gasteiger partial charge is 0.373 e. The van der Waals surface area contributed by atoms with Gasteiger partial charge in [0.1, 0.15) is 0 Å². The number of halogens is 3. The lowest BCUT2D eigenvalue weighted by atomic mass is 10.1. The Kier molecular flexibility index (Phi) is 4.24. The van der Waals surface area contributed by atoms with Crippen molar-refractivity contribution in [1.82, 2.24) is 0 Å². The number of quaternary nitrogens is 1. The molecule has 1 fully saturated rings. The van der Waals surface area contributed by atoms with Crippen LogP contribution in [0.15, 0.2) is 24.3 Å². The third-order valence-corrected chi connectivity index (χ3v) is 3.15. The van der Waals surface area contributed by atoms with Crippen molar-refractivity contribution in [2.24, 2.45) is 0 Å². The van der Waals surface area contributed by atoms with Gasteiger partial charge in [-0.05, 0) is 17.7 Å². The molecule has 2 nitrogen and oxygen atoms in total. The molecule has 0 bridgehead atoms. The lowest BCUT2D eigenvalue weighted by Crippen LogP contribution is -2.86. The van der Waals surface area contributed by atoms with Gasteiger partial charge >= 0.3 is 6.18 Å². The zero-order valence-electron chi connectivity index (χ0n) is 10.0. The van der Waals surface area contributed by atoms with Gasteiger partial charge < -0.3 is 10.1 Å². The highest BCUT2D eigenvalue weighted by molar-refractivity contribution is 5.24. The van der Waals surface area contributed by atoms with Gasteiger partial charge in [0, 0.05) is 12.8 Å². The van der Waals surface area contributed by atoms with Gasteiger partial charge in [-0.1, -0.05) is 12.1 Å². The number of nitrogens with two attached hydrogens (primary N) is 1. The Labute approximate surface area is 104 Å². The van der Waals surface area contributed by atoms with Crippen molar-refractivity contribution in [3.8, 4) is 0 Å². The summed E-state index contributed by atoms with van der Waals surface area (Å²) in [5, 5.41) is 2.25. The van der Waals surface area contributed by atoms with E-state index in [0.717, 1.165) is 43.6 Å². The number of rotatable bonds is 3. The van der Waals surface area contributed by atoms with E-state index in [9.17, 15) is 13.2 Å². The van der Waals surface area contributed by atoms with Crippen LogP contribution < -0.4 is 5.32 Å². The van der Waals surface area contributed by atoms with Crippen molar-refractivity contribution in [1.29, 1.82) is 0 Å². The molecule has 0 atom stereocenters. The molecule has 2 rings (SSSR count). The number of hydrogen-bond acceptors (Lipinski definition) is 1. The molecule has 5 heteroatoms. The van der Waals surface area contributed by atoms with Crippen LogP contribution in [0.1, 0.15) is 24.0 Å². The first kappa shape index (κ1) is 13.4. The first-order valence-corrected chi connectivity index (χ1v) is 6.15. The summed E-state index contributed by atoms with van der Waals surface area (Å²) in [5.41, 5.74) is 0.177. The minimum atomic E-state index is -4.27. The van der Waals surface area contributed by atoms with E-state index >= 15 is 0 Å². The maximum atomic E-state index is 12.4. The molecule has 0 unspecified atom stereocenters. The van der Waals surface area contributed by atoms with Crippen molar-refractivity contribution in [3.05, 3.63) is 35.4 Å². The lowest BCUT2D eigenvalue weighted by molar-refractivity contribution is -0.665. The molecule has 1 heterocycles. The highest BCUT2D eigenvalue weighted by Crippen LogP contribution is 2.29. The Morgan fingerprint density at radius 2 is 1.72 bits per heavy atom. The molecule has 0 spiro atoms. The molecule has 1 saturated heterocycles. The van der Waals surface area contributed by atoms with Gasteiger partial charge in [0.25, 0.3) is 0 Å². The predicted molar refractivity (Wildman–Crippen MR) is 60.9 cm³/mol. The summed E-state index contributed by atoms with van der Waals surface area (Å²) in [6.45, 7) is 2.53. The minimum Gasteiger partial charge on any atom is -0.373 e. The second-order valence-corrected chi connectivity index (χ2v) is 4.57. The zero-order valence-corrected chi connectivity index (χ0v) is 10.0. The highest BCUT2D eigenvalue weighted by atomic mass is 19.4. The molecule has 2 N–H and O–H groups in total. The van der Waals surface area contributed by atoms with Gasteiger partial charge in [0.05, 0.1) is 31.4 Å². The van der Waals surface area contributed by atoms with Crippen molar-refractivity contribution < 1.29 is 23.2 Å². The van der Waals surface area contributed by atoms with Crippen LogP contribution in [0, 0.1) is 0 Å². The Bertz CT molecular complexity index is 369. The number of alkyl halides is 3. The SMILES string of the molecule is FC(F)(F)c1ccc(COC2CC[NH2+]CC2)cc1. The summed E-state index contributed by atoms with van der Waals surface area (Å²) >= 11 is 0. The summed E-state index contributed by atoms with van der Waals surface area (Å²) in [7, 11) is 0. The first-order chi connectivity index (χ1) is 8.55. The maximum Gasteiger partial charge on any atom is 0.416 e. The van der Waals surface area contributed by atoms with Crippen LogP contribution in [0.25, 0.3) is 0 Å². The molecule has 0 aromatic heterocycles. The fourth-order valence-electron chi connectivity index (χ4n) is 2.07. The van der Waals surface area contributed by atoms with Crippen LogP contribution in [-0.2, 0) is 17.5 Å². The maximum absolute atomic E-state index is 12.4. The van der Waals surface area contributed by atoms with Crippen LogP contribution in [0.5, 0.6) is 0 Å². The van der Waals surface area contributed by atoms with Crippen LogP contribution in [0.3, 0.4) is 0 Å². The third kappa shape index (κ3) is 3.71. The molecule has 0 radical (unpaired) electrons. The lowest BCUT2D eigenvalue weighted by Gasteiger charge is -2.20. The zero-order chi connectivity index (χ0) is 13.0. The van der Waals surface area contributed by atoms with Crippen LogP contribution in [0.2, 0.25) is 0 Å². The van der Waals surface area contributed by atoms with E-state index in [4.69, 9.17) is 4.74 Å². The van der Waals surface area contributed by atoms with Gasteiger partial charge in [0.2, 0.25) is 0 Å². The van der Waals surface area contributed by atoms with Crippen molar-refractivity contribution >= 4 is 0 Å². The van der Waals surface area contributed by atoms with Gasteiger partial charge in [-0.15, -0.1) is 0 Å². The second kappa shape index (κ2) is 5.71. The van der Waals surface area contributed by atoms with Gasteiger partial charge in [-0.2, -0.15) is 13.2 Å². The summed E-state index contributed by atoms with van der Waals surface area (Å²) in [5.74, 6) is 0. The number of piperidine rings is 1.